The van der Waals surface area contributed by atoms with Crippen LogP contribution in [-0.4, -0.2) is 24.6 Å². The molecule has 0 spiro atoms. The highest BCUT2D eigenvalue weighted by molar-refractivity contribution is 5.95. The molecule has 0 saturated heterocycles. The average Bonchev–Trinajstić information content (AvgIpc) is 3.32. The summed E-state index contributed by atoms with van der Waals surface area (Å²) >= 11 is 0. The van der Waals surface area contributed by atoms with Crippen LogP contribution in [0.3, 0.4) is 0 Å². The Bertz CT molecular complexity index is 1530. The second-order valence-electron chi connectivity index (χ2n) is 7.35. The van der Waals surface area contributed by atoms with E-state index in [0.29, 0.717) is 5.82 Å². The highest BCUT2D eigenvalue weighted by Gasteiger charge is 2.09. The minimum atomic E-state index is 0.713. The van der Waals surface area contributed by atoms with Crippen LogP contribution in [0.4, 0.5) is 0 Å². The summed E-state index contributed by atoms with van der Waals surface area (Å²) in [5.74, 6) is 0.713. The van der Waals surface area contributed by atoms with Crippen molar-refractivity contribution in [3.05, 3.63) is 104 Å². The lowest BCUT2D eigenvalue weighted by Gasteiger charge is -2.08. The number of pyridine rings is 1. The second-order valence-corrected chi connectivity index (χ2v) is 7.35. The zero-order chi connectivity index (χ0) is 20.6. The molecule has 0 atom stereocenters. The summed E-state index contributed by atoms with van der Waals surface area (Å²) in [4.78, 5) is 13.6. The van der Waals surface area contributed by atoms with Gasteiger partial charge < -0.3 is 0 Å². The third kappa shape index (κ3) is 3.13. The Labute approximate surface area is 178 Å². The fourth-order valence-corrected chi connectivity index (χ4v) is 3.90. The van der Waals surface area contributed by atoms with Crippen molar-refractivity contribution < 1.29 is 0 Å². The summed E-state index contributed by atoms with van der Waals surface area (Å²) in [6.07, 6.45) is 5.30. The van der Waals surface area contributed by atoms with Crippen molar-refractivity contribution in [1.29, 1.82) is 0 Å². The van der Waals surface area contributed by atoms with Crippen LogP contribution in [0.1, 0.15) is 0 Å². The second kappa shape index (κ2) is 7.15. The van der Waals surface area contributed by atoms with E-state index < -0.39 is 0 Å². The van der Waals surface area contributed by atoms with Crippen molar-refractivity contribution in [3.8, 4) is 33.8 Å². The van der Waals surface area contributed by atoms with Crippen LogP contribution in [0.2, 0.25) is 0 Å². The Morgan fingerprint density at radius 1 is 0.677 bits per heavy atom. The molecule has 0 radical (unpaired) electrons. The molecule has 0 aliphatic heterocycles. The van der Waals surface area contributed by atoms with Gasteiger partial charge in [-0.2, -0.15) is 5.10 Å². The highest BCUT2D eigenvalue weighted by Crippen LogP contribution is 2.29. The number of nitrogens with zero attached hydrogens (tertiary/aromatic N) is 5. The first-order valence-corrected chi connectivity index (χ1v) is 10.1. The summed E-state index contributed by atoms with van der Waals surface area (Å²) < 4.78 is 1.75. The number of benzene rings is 3. The zero-order valence-corrected chi connectivity index (χ0v) is 16.6. The Balaban J connectivity index is 1.37. The lowest BCUT2D eigenvalue weighted by molar-refractivity contribution is 0.962. The molecule has 31 heavy (non-hydrogen) atoms. The van der Waals surface area contributed by atoms with Crippen LogP contribution in [0.25, 0.3) is 50.2 Å². The predicted octanol–water partition coefficient (Wildman–Crippen LogP) is 5.67. The van der Waals surface area contributed by atoms with E-state index in [-0.39, 0.29) is 0 Å². The zero-order valence-electron chi connectivity index (χ0n) is 16.6. The van der Waals surface area contributed by atoms with Gasteiger partial charge in [0.2, 0.25) is 0 Å². The van der Waals surface area contributed by atoms with E-state index in [0.717, 1.165) is 33.6 Å². The molecule has 3 aromatic carbocycles. The van der Waals surface area contributed by atoms with Gasteiger partial charge in [-0.15, -0.1) is 0 Å². The van der Waals surface area contributed by atoms with E-state index in [1.54, 1.807) is 10.8 Å². The van der Waals surface area contributed by atoms with E-state index in [4.69, 9.17) is 4.98 Å². The first-order chi connectivity index (χ1) is 15.3. The van der Waals surface area contributed by atoms with Gasteiger partial charge in [0.15, 0.2) is 11.5 Å². The topological polar surface area (TPSA) is 56.0 Å². The molecule has 6 aromatic rings. The molecule has 0 N–H and O–H groups in total. The Hall–Kier alpha value is -4.38. The maximum atomic E-state index is 4.87. The molecule has 5 nitrogen and oxygen atoms in total. The smallest absolute Gasteiger partial charge is 0.159 e. The van der Waals surface area contributed by atoms with Gasteiger partial charge in [0.1, 0.15) is 6.33 Å². The lowest BCUT2D eigenvalue weighted by atomic mass is 10.0. The van der Waals surface area contributed by atoms with Gasteiger partial charge >= 0.3 is 0 Å². The Morgan fingerprint density at radius 3 is 2.45 bits per heavy atom. The first kappa shape index (κ1) is 17.5. The van der Waals surface area contributed by atoms with Gasteiger partial charge in [0, 0.05) is 23.5 Å². The van der Waals surface area contributed by atoms with Crippen LogP contribution in [0.15, 0.2) is 104 Å². The molecular formula is C26H17N5. The van der Waals surface area contributed by atoms with Gasteiger partial charge in [-0.3, -0.25) is 0 Å². The molecule has 0 saturated carbocycles. The van der Waals surface area contributed by atoms with Crippen LogP contribution in [-0.2, 0) is 0 Å². The number of hydrogen-bond donors (Lipinski definition) is 0. The summed E-state index contributed by atoms with van der Waals surface area (Å²) in [5, 5.41) is 6.54. The van der Waals surface area contributed by atoms with Gasteiger partial charge in [-0.1, -0.05) is 66.7 Å². The first-order valence-electron chi connectivity index (χ1n) is 10.1. The maximum absolute atomic E-state index is 4.87. The monoisotopic (exact) mass is 399 g/mol. The molecule has 0 unspecified atom stereocenters. The highest BCUT2D eigenvalue weighted by atomic mass is 15.3. The summed E-state index contributed by atoms with van der Waals surface area (Å²) in [6.45, 7) is 0. The standard InChI is InChI=1S/C26H17N5/c1-2-6-22-19(4-1)5-3-7-23(22)24-12-14-27-26(30-24)20-10-8-18(9-11-20)21-13-15-31-25(16-21)28-17-29-31/h1-17H. The van der Waals surface area contributed by atoms with Crippen molar-refractivity contribution in [3.63, 3.8) is 0 Å². The SMILES string of the molecule is c1ccc2c(-c3ccnc(-c4ccc(-c5ccn6ncnc6c5)cc4)n3)cccc2c1. The van der Waals surface area contributed by atoms with E-state index in [9.17, 15) is 0 Å². The maximum Gasteiger partial charge on any atom is 0.159 e. The van der Waals surface area contributed by atoms with Crippen molar-refractivity contribution in [2.45, 2.75) is 0 Å². The van der Waals surface area contributed by atoms with E-state index in [2.05, 4.69) is 81.8 Å². The molecule has 0 aliphatic rings. The molecule has 3 heterocycles. The predicted molar refractivity (Wildman–Crippen MR) is 122 cm³/mol. The molecule has 3 aromatic heterocycles. The minimum Gasteiger partial charge on any atom is -0.237 e. The normalized spacial score (nSPS) is 11.2. The molecule has 0 aliphatic carbocycles. The molecular weight excluding hydrogens is 382 g/mol. The Morgan fingerprint density at radius 2 is 1.52 bits per heavy atom. The van der Waals surface area contributed by atoms with Gasteiger partial charge in [0.25, 0.3) is 0 Å². The van der Waals surface area contributed by atoms with Gasteiger partial charge in [0.05, 0.1) is 5.69 Å². The molecule has 0 amide bonds. The van der Waals surface area contributed by atoms with Crippen molar-refractivity contribution >= 4 is 16.4 Å². The number of rotatable bonds is 3. The fraction of sp³-hybridized carbons (Fsp3) is 0. The largest absolute Gasteiger partial charge is 0.237 e. The van der Waals surface area contributed by atoms with E-state index in [1.807, 2.05) is 30.6 Å². The molecule has 146 valence electrons. The Kier molecular flexibility index (Phi) is 4.03. The van der Waals surface area contributed by atoms with Crippen LogP contribution < -0.4 is 0 Å². The summed E-state index contributed by atoms with van der Waals surface area (Å²) in [7, 11) is 0. The van der Waals surface area contributed by atoms with Crippen LogP contribution in [0.5, 0.6) is 0 Å². The number of fused-ring (bicyclic) bond motifs is 2. The quantitative estimate of drug-likeness (QED) is 0.384. The van der Waals surface area contributed by atoms with Crippen molar-refractivity contribution in [1.82, 2.24) is 24.6 Å². The van der Waals surface area contributed by atoms with Gasteiger partial charge in [-0.05, 0) is 40.1 Å². The van der Waals surface area contributed by atoms with Gasteiger partial charge in [-0.25, -0.2) is 19.5 Å². The number of hydrogen-bond acceptors (Lipinski definition) is 4. The van der Waals surface area contributed by atoms with Crippen molar-refractivity contribution in [2.75, 3.05) is 0 Å². The molecule has 5 heteroatoms. The molecule has 0 fully saturated rings. The van der Waals surface area contributed by atoms with Crippen LogP contribution >= 0.6 is 0 Å². The van der Waals surface area contributed by atoms with E-state index in [1.165, 1.54) is 10.8 Å². The molecule has 0 bridgehead atoms. The summed E-state index contributed by atoms with van der Waals surface area (Å²) in [5.41, 5.74) is 6.04. The third-order valence-corrected chi connectivity index (χ3v) is 5.48. The molecule has 6 rings (SSSR count). The fourth-order valence-electron chi connectivity index (χ4n) is 3.90. The van der Waals surface area contributed by atoms with Crippen molar-refractivity contribution in [2.24, 2.45) is 0 Å². The van der Waals surface area contributed by atoms with Crippen LogP contribution in [0, 0.1) is 0 Å². The lowest BCUT2D eigenvalue weighted by Crippen LogP contribution is -1.92. The minimum absolute atomic E-state index is 0.713. The van der Waals surface area contributed by atoms with E-state index >= 15 is 0 Å². The number of aromatic nitrogens is 5. The average molecular weight is 399 g/mol. The summed E-state index contributed by atoms with van der Waals surface area (Å²) in [6, 6.07) is 29.0. The third-order valence-electron chi connectivity index (χ3n) is 5.48.